The first-order valence-corrected chi connectivity index (χ1v) is 8.04. The summed E-state index contributed by atoms with van der Waals surface area (Å²) in [6.07, 6.45) is 0. The molecule has 1 aromatic heterocycles. The highest BCUT2D eigenvalue weighted by Gasteiger charge is 2.06. The summed E-state index contributed by atoms with van der Waals surface area (Å²) in [4.78, 5) is 2.34. The van der Waals surface area contributed by atoms with Crippen LogP contribution >= 0.6 is 27.3 Å². The van der Waals surface area contributed by atoms with Crippen LogP contribution < -0.4 is 10.1 Å². The molecule has 0 saturated heterocycles. The zero-order chi connectivity index (χ0) is 14.5. The van der Waals surface area contributed by atoms with E-state index in [4.69, 9.17) is 4.74 Å². The lowest BCUT2D eigenvalue weighted by atomic mass is 10.3. The fourth-order valence-corrected chi connectivity index (χ4v) is 2.86. The van der Waals surface area contributed by atoms with Crippen molar-refractivity contribution in [2.24, 2.45) is 0 Å². The van der Waals surface area contributed by atoms with Gasteiger partial charge in [-0.05, 0) is 30.3 Å². The van der Waals surface area contributed by atoms with Crippen LogP contribution in [0.5, 0.6) is 5.75 Å². The van der Waals surface area contributed by atoms with Crippen molar-refractivity contribution in [3.63, 3.8) is 0 Å². The molecule has 2 rings (SSSR count). The Morgan fingerprint density at radius 3 is 2.75 bits per heavy atom. The predicted octanol–water partition coefficient (Wildman–Crippen LogP) is 4.73. The molecule has 2 nitrogen and oxygen atoms in total. The van der Waals surface area contributed by atoms with Gasteiger partial charge in [0.25, 0.3) is 0 Å². The predicted molar refractivity (Wildman–Crippen MR) is 84.7 cm³/mol. The van der Waals surface area contributed by atoms with Crippen molar-refractivity contribution in [1.82, 2.24) is 5.32 Å². The Bertz CT molecular complexity index is 571. The molecule has 0 fully saturated rings. The summed E-state index contributed by atoms with van der Waals surface area (Å²) in [5.41, 5.74) is 0. The zero-order valence-electron chi connectivity index (χ0n) is 11.5. The molecule has 0 atom stereocenters. The third-order valence-electron chi connectivity index (χ3n) is 2.67. The summed E-state index contributed by atoms with van der Waals surface area (Å²) in [5, 5.41) is 3.37. The van der Waals surface area contributed by atoms with Crippen LogP contribution in [0, 0.1) is 5.82 Å². The Hall–Kier alpha value is -0.910. The van der Waals surface area contributed by atoms with Crippen LogP contribution in [0.3, 0.4) is 0 Å². The van der Waals surface area contributed by atoms with Gasteiger partial charge in [0.05, 0.1) is 0 Å². The molecule has 0 unspecified atom stereocenters. The van der Waals surface area contributed by atoms with Crippen LogP contribution in [0.2, 0.25) is 0 Å². The molecule has 20 heavy (non-hydrogen) atoms. The van der Waals surface area contributed by atoms with Crippen molar-refractivity contribution in [2.75, 3.05) is 0 Å². The van der Waals surface area contributed by atoms with E-state index in [9.17, 15) is 4.39 Å². The molecular weight excluding hydrogens is 341 g/mol. The number of halogens is 2. The Balaban J connectivity index is 1.92. The number of ether oxygens (including phenoxy) is 1. The van der Waals surface area contributed by atoms with Crippen molar-refractivity contribution < 1.29 is 9.13 Å². The summed E-state index contributed by atoms with van der Waals surface area (Å²) in [7, 11) is 0. The second-order valence-corrected chi connectivity index (χ2v) is 6.94. The first kappa shape index (κ1) is 15.5. The summed E-state index contributed by atoms with van der Waals surface area (Å²) in [6, 6.07) is 9.26. The van der Waals surface area contributed by atoms with Crippen LogP contribution in [0.25, 0.3) is 0 Å². The first-order chi connectivity index (χ1) is 9.54. The minimum absolute atomic E-state index is 0.273. The zero-order valence-corrected chi connectivity index (χ0v) is 13.9. The Morgan fingerprint density at radius 1 is 1.25 bits per heavy atom. The van der Waals surface area contributed by atoms with Gasteiger partial charge in [0.15, 0.2) is 11.6 Å². The lowest BCUT2D eigenvalue weighted by molar-refractivity contribution is 0.293. The molecule has 108 valence electrons. The lowest BCUT2D eigenvalue weighted by Crippen LogP contribution is -2.21. The molecule has 0 amide bonds. The monoisotopic (exact) mass is 357 g/mol. The van der Waals surface area contributed by atoms with E-state index in [1.54, 1.807) is 23.5 Å². The largest absolute Gasteiger partial charge is 0.485 e. The molecular formula is C15H17BrFNOS. The topological polar surface area (TPSA) is 21.3 Å². The van der Waals surface area contributed by atoms with Gasteiger partial charge >= 0.3 is 0 Å². The molecule has 1 aromatic carbocycles. The van der Waals surface area contributed by atoms with E-state index in [0.717, 1.165) is 15.9 Å². The second-order valence-electron chi connectivity index (χ2n) is 4.77. The Labute approximate surface area is 131 Å². The second kappa shape index (κ2) is 7.20. The van der Waals surface area contributed by atoms with Crippen LogP contribution in [0.1, 0.15) is 23.6 Å². The van der Waals surface area contributed by atoms with Gasteiger partial charge in [0.1, 0.15) is 6.61 Å². The van der Waals surface area contributed by atoms with Crippen LogP contribution in [-0.4, -0.2) is 6.04 Å². The number of nitrogens with one attached hydrogen (secondary N) is 1. The summed E-state index contributed by atoms with van der Waals surface area (Å²) < 4.78 is 19.9. The Kier molecular flexibility index (Phi) is 5.57. The van der Waals surface area contributed by atoms with E-state index in [2.05, 4.69) is 41.2 Å². The summed E-state index contributed by atoms with van der Waals surface area (Å²) >= 11 is 4.99. The number of hydrogen-bond acceptors (Lipinski definition) is 3. The van der Waals surface area contributed by atoms with Crippen LogP contribution in [0.15, 0.2) is 34.8 Å². The van der Waals surface area contributed by atoms with E-state index in [1.807, 2.05) is 6.07 Å². The highest BCUT2D eigenvalue weighted by molar-refractivity contribution is 9.10. The minimum Gasteiger partial charge on any atom is -0.485 e. The Morgan fingerprint density at radius 2 is 2.00 bits per heavy atom. The molecule has 5 heteroatoms. The van der Waals surface area contributed by atoms with Crippen molar-refractivity contribution >= 4 is 27.3 Å². The van der Waals surface area contributed by atoms with Gasteiger partial charge in [0.2, 0.25) is 0 Å². The number of benzene rings is 1. The van der Waals surface area contributed by atoms with Crippen molar-refractivity contribution in [1.29, 1.82) is 0 Å². The average molecular weight is 358 g/mol. The molecule has 0 saturated carbocycles. The fourth-order valence-electron chi connectivity index (χ4n) is 1.64. The fraction of sp³-hybridized carbons (Fsp3) is 0.333. The first-order valence-electron chi connectivity index (χ1n) is 6.43. The molecule has 0 radical (unpaired) electrons. The standard InChI is InChI=1S/C15H17BrFNOS/c1-10(2)18-8-12-4-5-13(20-12)9-19-15-7-11(16)3-6-14(15)17/h3-7,10,18H,8-9H2,1-2H3. The summed E-state index contributed by atoms with van der Waals surface area (Å²) in [5.74, 6) is -0.0684. The maximum Gasteiger partial charge on any atom is 0.165 e. The third-order valence-corrected chi connectivity index (χ3v) is 4.22. The smallest absolute Gasteiger partial charge is 0.165 e. The molecule has 0 bridgehead atoms. The van der Waals surface area contributed by atoms with Crippen molar-refractivity contribution in [2.45, 2.75) is 33.0 Å². The highest BCUT2D eigenvalue weighted by Crippen LogP contribution is 2.24. The third kappa shape index (κ3) is 4.58. The van der Waals surface area contributed by atoms with E-state index < -0.39 is 0 Å². The average Bonchev–Trinajstić information content (AvgIpc) is 2.85. The highest BCUT2D eigenvalue weighted by atomic mass is 79.9. The molecule has 0 aliphatic heterocycles. The van der Waals surface area contributed by atoms with Gasteiger partial charge in [-0.25, -0.2) is 4.39 Å². The maximum atomic E-state index is 13.5. The summed E-state index contributed by atoms with van der Waals surface area (Å²) in [6.45, 7) is 5.48. The molecule has 0 spiro atoms. The quantitative estimate of drug-likeness (QED) is 0.806. The van der Waals surface area contributed by atoms with Gasteiger partial charge in [-0.2, -0.15) is 0 Å². The normalized spacial score (nSPS) is 11.1. The number of hydrogen-bond donors (Lipinski definition) is 1. The van der Waals surface area contributed by atoms with Gasteiger partial charge < -0.3 is 10.1 Å². The molecule has 2 aromatic rings. The van der Waals surface area contributed by atoms with Crippen LogP contribution in [0.4, 0.5) is 4.39 Å². The van der Waals surface area contributed by atoms with E-state index in [0.29, 0.717) is 12.6 Å². The minimum atomic E-state index is -0.341. The van der Waals surface area contributed by atoms with Gasteiger partial charge in [-0.1, -0.05) is 29.8 Å². The van der Waals surface area contributed by atoms with Crippen LogP contribution in [-0.2, 0) is 13.2 Å². The van der Waals surface area contributed by atoms with Crippen molar-refractivity contribution in [3.05, 3.63) is 50.4 Å². The van der Waals surface area contributed by atoms with E-state index in [-0.39, 0.29) is 11.6 Å². The molecule has 0 aliphatic carbocycles. The molecule has 1 heterocycles. The van der Waals surface area contributed by atoms with E-state index in [1.165, 1.54) is 10.9 Å². The van der Waals surface area contributed by atoms with Gasteiger partial charge in [-0.3, -0.25) is 0 Å². The van der Waals surface area contributed by atoms with Gasteiger partial charge in [0, 0.05) is 26.8 Å². The number of rotatable bonds is 6. The maximum absolute atomic E-state index is 13.5. The lowest BCUT2D eigenvalue weighted by Gasteiger charge is -2.07. The number of thiophene rings is 1. The van der Waals surface area contributed by atoms with Crippen molar-refractivity contribution in [3.8, 4) is 5.75 Å². The van der Waals surface area contributed by atoms with Gasteiger partial charge in [-0.15, -0.1) is 11.3 Å². The van der Waals surface area contributed by atoms with E-state index >= 15 is 0 Å². The molecule has 1 N–H and O–H groups in total. The molecule has 0 aliphatic rings. The SMILES string of the molecule is CC(C)NCc1ccc(COc2cc(Br)ccc2F)s1.